The Morgan fingerprint density at radius 3 is 2.52 bits per heavy atom. The molecular formula is C19H21N3O4S. The summed E-state index contributed by atoms with van der Waals surface area (Å²) >= 11 is 0. The number of nitriles is 1. The summed E-state index contributed by atoms with van der Waals surface area (Å²) in [7, 11) is -3.70. The first kappa shape index (κ1) is 20.4. The number of hydrogen-bond donors (Lipinski definition) is 2. The molecule has 0 heterocycles. The van der Waals surface area contributed by atoms with Crippen molar-refractivity contribution in [1.82, 2.24) is 4.72 Å². The monoisotopic (exact) mass is 387 g/mol. The second-order valence-electron chi connectivity index (χ2n) is 5.63. The summed E-state index contributed by atoms with van der Waals surface area (Å²) in [6, 6.07) is 14.6. The van der Waals surface area contributed by atoms with Gasteiger partial charge in [-0.3, -0.25) is 4.79 Å². The van der Waals surface area contributed by atoms with Crippen molar-refractivity contribution in [3.05, 3.63) is 54.1 Å². The van der Waals surface area contributed by atoms with E-state index in [1.165, 1.54) is 24.3 Å². The lowest BCUT2D eigenvalue weighted by Gasteiger charge is -2.12. The number of anilines is 1. The predicted molar refractivity (Wildman–Crippen MR) is 102 cm³/mol. The third kappa shape index (κ3) is 5.81. The summed E-state index contributed by atoms with van der Waals surface area (Å²) in [4.78, 5) is 12.5. The van der Waals surface area contributed by atoms with Gasteiger partial charge < -0.3 is 10.1 Å². The molecule has 0 bridgehead atoms. The maximum atomic E-state index is 12.4. The summed E-state index contributed by atoms with van der Waals surface area (Å²) in [6.45, 7) is 2.57. The van der Waals surface area contributed by atoms with Gasteiger partial charge in [-0.1, -0.05) is 19.1 Å². The van der Waals surface area contributed by atoms with Crippen LogP contribution in [0.15, 0.2) is 53.4 Å². The van der Waals surface area contributed by atoms with E-state index in [-0.39, 0.29) is 23.8 Å². The highest BCUT2D eigenvalue weighted by atomic mass is 32.2. The minimum Gasteiger partial charge on any atom is -0.491 e. The topological polar surface area (TPSA) is 108 Å². The summed E-state index contributed by atoms with van der Waals surface area (Å²) in [5.74, 6) is 0.206. The molecule has 0 aliphatic heterocycles. The lowest BCUT2D eigenvalue weighted by molar-refractivity contribution is 0.102. The molecule has 7 nitrogen and oxygen atoms in total. The van der Waals surface area contributed by atoms with Crippen molar-refractivity contribution in [3.8, 4) is 11.8 Å². The van der Waals surface area contributed by atoms with Crippen molar-refractivity contribution in [2.24, 2.45) is 0 Å². The summed E-state index contributed by atoms with van der Waals surface area (Å²) in [6.07, 6.45) is 0.930. The molecule has 0 aliphatic carbocycles. The van der Waals surface area contributed by atoms with Gasteiger partial charge in [0.15, 0.2) is 0 Å². The van der Waals surface area contributed by atoms with E-state index in [1.54, 1.807) is 18.2 Å². The second-order valence-corrected chi connectivity index (χ2v) is 7.40. The minimum absolute atomic E-state index is 0.0312. The van der Waals surface area contributed by atoms with Gasteiger partial charge in [-0.15, -0.1) is 0 Å². The lowest BCUT2D eigenvalue weighted by atomic mass is 10.2. The van der Waals surface area contributed by atoms with E-state index in [4.69, 9.17) is 10.00 Å². The smallest absolute Gasteiger partial charge is 0.255 e. The Hall–Kier alpha value is -2.89. The molecule has 27 heavy (non-hydrogen) atoms. The molecule has 0 atom stereocenters. The maximum absolute atomic E-state index is 12.4. The van der Waals surface area contributed by atoms with Gasteiger partial charge in [0.25, 0.3) is 5.91 Å². The SMILES string of the molecule is CCCOc1ccccc1NC(=O)c1ccc(S(=O)(=O)NCCC#N)cc1. The van der Waals surface area contributed by atoms with Crippen LogP contribution in [0.1, 0.15) is 30.1 Å². The average Bonchev–Trinajstić information content (AvgIpc) is 2.67. The van der Waals surface area contributed by atoms with E-state index in [0.29, 0.717) is 23.6 Å². The van der Waals surface area contributed by atoms with Gasteiger partial charge in [0, 0.05) is 18.5 Å². The van der Waals surface area contributed by atoms with Crippen molar-refractivity contribution in [3.63, 3.8) is 0 Å². The van der Waals surface area contributed by atoms with E-state index in [9.17, 15) is 13.2 Å². The molecule has 0 spiro atoms. The van der Waals surface area contributed by atoms with E-state index in [2.05, 4.69) is 10.0 Å². The third-order valence-electron chi connectivity index (χ3n) is 3.55. The highest BCUT2D eigenvalue weighted by Gasteiger charge is 2.15. The largest absolute Gasteiger partial charge is 0.491 e. The third-order valence-corrected chi connectivity index (χ3v) is 5.03. The molecule has 8 heteroatoms. The van der Waals surface area contributed by atoms with Gasteiger partial charge in [0.05, 0.1) is 23.3 Å². The Morgan fingerprint density at radius 1 is 1.15 bits per heavy atom. The molecule has 0 fully saturated rings. The van der Waals surface area contributed by atoms with Crippen LogP contribution >= 0.6 is 0 Å². The standard InChI is InChI=1S/C19H21N3O4S/c1-2-14-26-18-7-4-3-6-17(18)22-19(23)15-8-10-16(11-9-15)27(24,25)21-13-5-12-20/h3-4,6-11,21H,2,5,13-14H2,1H3,(H,22,23). The van der Waals surface area contributed by atoms with Crippen LogP contribution in [0, 0.1) is 11.3 Å². The fourth-order valence-corrected chi connectivity index (χ4v) is 3.24. The Labute approximate surface area is 159 Å². The minimum atomic E-state index is -3.70. The van der Waals surface area contributed by atoms with Crippen molar-refractivity contribution in [2.75, 3.05) is 18.5 Å². The summed E-state index contributed by atoms with van der Waals surface area (Å²) in [5, 5.41) is 11.3. The summed E-state index contributed by atoms with van der Waals surface area (Å²) < 4.78 is 32.1. The summed E-state index contributed by atoms with van der Waals surface area (Å²) in [5.41, 5.74) is 0.863. The van der Waals surface area contributed by atoms with Gasteiger partial charge in [-0.05, 0) is 42.8 Å². The fourth-order valence-electron chi connectivity index (χ4n) is 2.21. The first-order valence-electron chi connectivity index (χ1n) is 8.48. The van der Waals surface area contributed by atoms with Crippen LogP contribution in [0.4, 0.5) is 5.69 Å². The molecule has 0 unspecified atom stereocenters. The zero-order valence-electron chi connectivity index (χ0n) is 14.9. The quantitative estimate of drug-likeness (QED) is 0.643. The van der Waals surface area contributed by atoms with Crippen LogP contribution in [0.2, 0.25) is 0 Å². The van der Waals surface area contributed by atoms with Gasteiger partial charge in [-0.2, -0.15) is 5.26 Å². The van der Waals surface area contributed by atoms with E-state index in [1.807, 2.05) is 19.1 Å². The molecule has 2 aromatic carbocycles. The fraction of sp³-hybridized carbons (Fsp3) is 0.263. The number of nitrogens with one attached hydrogen (secondary N) is 2. The Morgan fingerprint density at radius 2 is 1.85 bits per heavy atom. The normalized spacial score (nSPS) is 10.8. The Balaban J connectivity index is 2.09. The lowest BCUT2D eigenvalue weighted by Crippen LogP contribution is -2.24. The Bertz CT molecular complexity index is 919. The number of amides is 1. The van der Waals surface area contributed by atoms with Crippen molar-refractivity contribution in [1.29, 1.82) is 5.26 Å². The zero-order valence-corrected chi connectivity index (χ0v) is 15.8. The number of para-hydroxylation sites is 2. The second kappa shape index (κ2) is 9.71. The number of carbonyl (C=O) groups is 1. The predicted octanol–water partition coefficient (Wildman–Crippen LogP) is 2.92. The number of sulfonamides is 1. The molecule has 2 N–H and O–H groups in total. The molecule has 2 rings (SSSR count). The van der Waals surface area contributed by atoms with Crippen LogP contribution in [0.25, 0.3) is 0 Å². The van der Waals surface area contributed by atoms with Crippen molar-refractivity contribution < 1.29 is 17.9 Å². The number of hydrogen-bond acceptors (Lipinski definition) is 5. The van der Waals surface area contributed by atoms with E-state index in [0.717, 1.165) is 6.42 Å². The number of rotatable bonds is 9. The van der Waals surface area contributed by atoms with E-state index >= 15 is 0 Å². The average molecular weight is 387 g/mol. The molecule has 142 valence electrons. The van der Waals surface area contributed by atoms with Crippen molar-refractivity contribution >= 4 is 21.6 Å². The number of ether oxygens (including phenoxy) is 1. The van der Waals surface area contributed by atoms with Crippen LogP contribution in [0.5, 0.6) is 5.75 Å². The molecule has 0 radical (unpaired) electrons. The van der Waals surface area contributed by atoms with Crippen LogP contribution in [-0.2, 0) is 10.0 Å². The highest BCUT2D eigenvalue weighted by Crippen LogP contribution is 2.24. The number of nitrogens with zero attached hydrogens (tertiary/aromatic N) is 1. The zero-order chi connectivity index (χ0) is 19.7. The van der Waals surface area contributed by atoms with E-state index < -0.39 is 10.0 Å². The Kier molecular flexibility index (Phi) is 7.34. The number of carbonyl (C=O) groups excluding carboxylic acids is 1. The van der Waals surface area contributed by atoms with Gasteiger partial charge >= 0.3 is 0 Å². The molecule has 0 aromatic heterocycles. The van der Waals surface area contributed by atoms with Gasteiger partial charge in [0.1, 0.15) is 5.75 Å². The van der Waals surface area contributed by atoms with Crippen LogP contribution in [-0.4, -0.2) is 27.5 Å². The maximum Gasteiger partial charge on any atom is 0.255 e. The molecule has 0 saturated carbocycles. The van der Waals surface area contributed by atoms with Gasteiger partial charge in [-0.25, -0.2) is 13.1 Å². The van der Waals surface area contributed by atoms with Crippen LogP contribution in [0.3, 0.4) is 0 Å². The molecule has 2 aromatic rings. The number of benzene rings is 2. The highest BCUT2D eigenvalue weighted by molar-refractivity contribution is 7.89. The molecule has 0 saturated heterocycles. The van der Waals surface area contributed by atoms with Crippen LogP contribution < -0.4 is 14.8 Å². The van der Waals surface area contributed by atoms with Crippen molar-refractivity contribution in [2.45, 2.75) is 24.7 Å². The molecular weight excluding hydrogens is 366 g/mol. The first-order chi connectivity index (χ1) is 13.0. The molecule has 1 amide bonds. The first-order valence-corrected chi connectivity index (χ1v) is 9.96. The van der Waals surface area contributed by atoms with Gasteiger partial charge in [0.2, 0.25) is 10.0 Å². The molecule has 0 aliphatic rings.